The Morgan fingerprint density at radius 3 is 2.57 bits per heavy atom. The van der Waals surface area contributed by atoms with Gasteiger partial charge in [0.1, 0.15) is 5.78 Å². The van der Waals surface area contributed by atoms with Gasteiger partial charge in [-0.1, -0.05) is 0 Å². The SMILES string of the molecule is O=C1CCC1CO. The standard InChI is InChI=1S/C5H8O2/c6-3-4-1-2-5(4)7/h4,6H,1-3H2. The second-order valence-corrected chi connectivity index (χ2v) is 1.88. The van der Waals surface area contributed by atoms with Crippen molar-refractivity contribution in [1.82, 2.24) is 0 Å². The lowest BCUT2D eigenvalue weighted by Crippen LogP contribution is -2.28. The highest BCUT2D eigenvalue weighted by Crippen LogP contribution is 2.20. The maximum absolute atomic E-state index is 10.3. The van der Waals surface area contributed by atoms with Gasteiger partial charge in [-0.2, -0.15) is 0 Å². The van der Waals surface area contributed by atoms with E-state index in [-0.39, 0.29) is 18.3 Å². The molecule has 0 radical (unpaired) electrons. The zero-order chi connectivity index (χ0) is 5.28. The number of carbonyl (C=O) groups excluding carboxylic acids is 1. The van der Waals surface area contributed by atoms with Crippen molar-refractivity contribution < 1.29 is 9.90 Å². The van der Waals surface area contributed by atoms with E-state index in [0.29, 0.717) is 6.42 Å². The molecule has 1 saturated carbocycles. The van der Waals surface area contributed by atoms with E-state index in [9.17, 15) is 4.79 Å². The van der Waals surface area contributed by atoms with Crippen molar-refractivity contribution >= 4 is 5.78 Å². The summed E-state index contributed by atoms with van der Waals surface area (Å²) in [6, 6.07) is 0. The number of rotatable bonds is 1. The Labute approximate surface area is 42.1 Å². The first-order valence-corrected chi connectivity index (χ1v) is 2.48. The van der Waals surface area contributed by atoms with E-state index in [0.717, 1.165) is 6.42 Å². The summed E-state index contributed by atoms with van der Waals surface area (Å²) in [5, 5.41) is 8.34. The zero-order valence-electron chi connectivity index (χ0n) is 4.05. The number of aliphatic hydroxyl groups excluding tert-OH is 1. The highest BCUT2D eigenvalue weighted by Gasteiger charge is 2.26. The maximum Gasteiger partial charge on any atom is 0.138 e. The van der Waals surface area contributed by atoms with E-state index in [2.05, 4.69) is 0 Å². The van der Waals surface area contributed by atoms with Gasteiger partial charge in [0.15, 0.2) is 0 Å². The Balaban J connectivity index is 2.29. The molecule has 2 heteroatoms. The van der Waals surface area contributed by atoms with Crippen LogP contribution in [0.25, 0.3) is 0 Å². The van der Waals surface area contributed by atoms with Crippen LogP contribution in [0, 0.1) is 5.92 Å². The number of hydrogen-bond donors (Lipinski definition) is 1. The third-order valence-electron chi connectivity index (χ3n) is 1.41. The van der Waals surface area contributed by atoms with Crippen LogP contribution in [0.2, 0.25) is 0 Å². The monoisotopic (exact) mass is 100 g/mol. The fourth-order valence-electron chi connectivity index (χ4n) is 0.659. The summed E-state index contributed by atoms with van der Waals surface area (Å²) in [5.41, 5.74) is 0. The Kier molecular flexibility index (Phi) is 1.11. The zero-order valence-corrected chi connectivity index (χ0v) is 4.05. The average molecular weight is 100 g/mol. The molecular weight excluding hydrogens is 92.1 g/mol. The van der Waals surface area contributed by atoms with E-state index < -0.39 is 0 Å². The lowest BCUT2D eigenvalue weighted by atomic mass is 9.85. The van der Waals surface area contributed by atoms with Gasteiger partial charge in [-0.05, 0) is 6.42 Å². The van der Waals surface area contributed by atoms with Crippen molar-refractivity contribution in [2.45, 2.75) is 12.8 Å². The van der Waals surface area contributed by atoms with Crippen molar-refractivity contribution in [2.24, 2.45) is 5.92 Å². The van der Waals surface area contributed by atoms with Crippen molar-refractivity contribution in [1.29, 1.82) is 0 Å². The lowest BCUT2D eigenvalue weighted by molar-refractivity contribution is -0.130. The number of ketones is 1. The fraction of sp³-hybridized carbons (Fsp3) is 0.800. The molecule has 1 N–H and O–H groups in total. The maximum atomic E-state index is 10.3. The summed E-state index contributed by atoms with van der Waals surface area (Å²) in [6.07, 6.45) is 1.58. The van der Waals surface area contributed by atoms with E-state index in [1.165, 1.54) is 0 Å². The molecule has 0 spiro atoms. The number of hydrogen-bond acceptors (Lipinski definition) is 2. The molecule has 0 aromatic rings. The van der Waals surface area contributed by atoms with Crippen LogP contribution in [0.1, 0.15) is 12.8 Å². The summed E-state index contributed by atoms with van der Waals surface area (Å²) in [4.78, 5) is 10.3. The highest BCUT2D eigenvalue weighted by atomic mass is 16.3. The molecule has 1 aliphatic carbocycles. The normalized spacial score (nSPS) is 29.9. The number of aliphatic hydroxyl groups is 1. The van der Waals surface area contributed by atoms with Gasteiger partial charge in [-0.15, -0.1) is 0 Å². The second-order valence-electron chi connectivity index (χ2n) is 1.88. The van der Waals surface area contributed by atoms with Crippen molar-refractivity contribution in [2.75, 3.05) is 6.61 Å². The van der Waals surface area contributed by atoms with E-state index in [1.807, 2.05) is 0 Å². The highest BCUT2D eigenvalue weighted by molar-refractivity contribution is 5.86. The van der Waals surface area contributed by atoms with E-state index in [4.69, 9.17) is 5.11 Å². The molecule has 0 amide bonds. The number of Topliss-reactive ketones (excluding diaryl/α,β-unsaturated/α-hetero) is 1. The van der Waals surface area contributed by atoms with Crippen LogP contribution in [0.3, 0.4) is 0 Å². The molecule has 7 heavy (non-hydrogen) atoms. The van der Waals surface area contributed by atoms with Gasteiger partial charge < -0.3 is 5.11 Å². The molecule has 1 rings (SSSR count). The van der Waals surface area contributed by atoms with Crippen molar-refractivity contribution in [3.05, 3.63) is 0 Å². The Morgan fingerprint density at radius 2 is 2.57 bits per heavy atom. The van der Waals surface area contributed by atoms with Crippen LogP contribution in [0.4, 0.5) is 0 Å². The molecule has 0 heterocycles. The van der Waals surface area contributed by atoms with Gasteiger partial charge in [0.2, 0.25) is 0 Å². The molecule has 0 bridgehead atoms. The van der Waals surface area contributed by atoms with Crippen molar-refractivity contribution in [3.8, 4) is 0 Å². The topological polar surface area (TPSA) is 37.3 Å². The third kappa shape index (κ3) is 0.657. The molecular formula is C5H8O2. The first-order chi connectivity index (χ1) is 3.34. The summed E-state index contributed by atoms with van der Waals surface area (Å²) in [5.74, 6) is 0.225. The summed E-state index contributed by atoms with van der Waals surface area (Å²) < 4.78 is 0. The Bertz CT molecular complexity index is 86.1. The first kappa shape index (κ1) is 4.78. The fourth-order valence-corrected chi connectivity index (χ4v) is 0.659. The van der Waals surface area contributed by atoms with Crippen LogP contribution in [-0.4, -0.2) is 17.5 Å². The molecule has 2 nitrogen and oxygen atoms in total. The Hall–Kier alpha value is -0.370. The molecule has 40 valence electrons. The van der Waals surface area contributed by atoms with E-state index >= 15 is 0 Å². The molecule has 1 aliphatic rings. The largest absolute Gasteiger partial charge is 0.396 e. The molecule has 1 atom stereocenters. The molecule has 0 aromatic carbocycles. The van der Waals surface area contributed by atoms with Crippen LogP contribution in [0.15, 0.2) is 0 Å². The molecule has 0 aliphatic heterocycles. The predicted octanol–water partition coefficient (Wildman–Crippen LogP) is -0.0422. The van der Waals surface area contributed by atoms with Crippen LogP contribution in [-0.2, 0) is 4.79 Å². The van der Waals surface area contributed by atoms with E-state index in [1.54, 1.807) is 0 Å². The summed E-state index contributed by atoms with van der Waals surface area (Å²) >= 11 is 0. The van der Waals surface area contributed by atoms with Crippen LogP contribution >= 0.6 is 0 Å². The lowest BCUT2D eigenvalue weighted by Gasteiger charge is -2.20. The minimum absolute atomic E-state index is 0.000000000000000222. The minimum Gasteiger partial charge on any atom is -0.396 e. The summed E-state index contributed by atoms with van der Waals surface area (Å²) in [6.45, 7) is 0.0544. The van der Waals surface area contributed by atoms with Gasteiger partial charge in [0, 0.05) is 12.3 Å². The quantitative estimate of drug-likeness (QED) is 0.502. The molecule has 1 fully saturated rings. The molecule has 1 unspecified atom stereocenters. The minimum atomic E-state index is -0.000000000000000222. The van der Waals surface area contributed by atoms with Crippen LogP contribution in [0.5, 0.6) is 0 Å². The predicted molar refractivity (Wildman–Crippen MR) is 24.8 cm³/mol. The smallest absolute Gasteiger partial charge is 0.138 e. The van der Waals surface area contributed by atoms with Gasteiger partial charge >= 0.3 is 0 Å². The van der Waals surface area contributed by atoms with Gasteiger partial charge in [-0.25, -0.2) is 0 Å². The second kappa shape index (κ2) is 1.62. The van der Waals surface area contributed by atoms with Gasteiger partial charge in [0.25, 0.3) is 0 Å². The summed E-state index contributed by atoms with van der Waals surface area (Å²) in [7, 11) is 0. The van der Waals surface area contributed by atoms with Gasteiger partial charge in [0.05, 0.1) is 6.61 Å². The average Bonchev–Trinajstić information content (AvgIpc) is 1.65. The van der Waals surface area contributed by atoms with Gasteiger partial charge in [-0.3, -0.25) is 4.79 Å². The van der Waals surface area contributed by atoms with Crippen LogP contribution < -0.4 is 0 Å². The van der Waals surface area contributed by atoms with Crippen molar-refractivity contribution in [3.63, 3.8) is 0 Å². The Morgan fingerprint density at radius 1 is 1.86 bits per heavy atom. The number of carbonyl (C=O) groups is 1. The third-order valence-corrected chi connectivity index (χ3v) is 1.41. The molecule has 0 saturated heterocycles. The molecule has 0 aromatic heterocycles. The first-order valence-electron chi connectivity index (χ1n) is 2.48.